The fourth-order valence-electron chi connectivity index (χ4n) is 6.49. The highest BCUT2D eigenvalue weighted by molar-refractivity contribution is 7.91. The molecule has 4 rings (SSSR count). The van der Waals surface area contributed by atoms with Crippen molar-refractivity contribution >= 4 is 15.7 Å². The molecule has 240 valence electrons. The van der Waals surface area contributed by atoms with Gasteiger partial charge in [0.1, 0.15) is 10.5 Å². The lowest BCUT2D eigenvalue weighted by atomic mass is 9.74. The molecule has 0 saturated carbocycles. The van der Waals surface area contributed by atoms with E-state index in [4.69, 9.17) is 4.74 Å². The maximum atomic E-state index is 14.4. The number of hydrogen-bond donors (Lipinski definition) is 1. The number of hydrogen-bond acceptors (Lipinski definition) is 6. The van der Waals surface area contributed by atoms with Crippen LogP contribution in [0.5, 0.6) is 5.75 Å². The molecule has 0 amide bonds. The number of ether oxygens (including phenoxy) is 1. The highest BCUT2D eigenvalue weighted by Crippen LogP contribution is 2.45. The summed E-state index contributed by atoms with van der Waals surface area (Å²) in [4.78, 5) is 7.70. The zero-order valence-corrected chi connectivity index (χ0v) is 28.5. The first-order valence-electron chi connectivity index (χ1n) is 16.1. The van der Waals surface area contributed by atoms with Gasteiger partial charge in [-0.1, -0.05) is 96.2 Å². The van der Waals surface area contributed by atoms with Gasteiger partial charge in [-0.25, -0.2) is 13.2 Å². The van der Waals surface area contributed by atoms with Crippen molar-refractivity contribution < 1.29 is 13.2 Å². The van der Waals surface area contributed by atoms with Gasteiger partial charge in [0, 0.05) is 51.3 Å². The molecule has 1 aliphatic carbocycles. The molecule has 1 heterocycles. The van der Waals surface area contributed by atoms with Gasteiger partial charge < -0.3 is 9.64 Å². The van der Waals surface area contributed by atoms with Crippen LogP contribution < -0.4 is 9.57 Å². The molecule has 2 aromatic rings. The van der Waals surface area contributed by atoms with Crippen molar-refractivity contribution in [2.45, 2.75) is 65.7 Å². The molecule has 1 unspecified atom stereocenters. The van der Waals surface area contributed by atoms with Crippen LogP contribution in [0, 0.1) is 17.8 Å². The van der Waals surface area contributed by atoms with E-state index >= 15 is 0 Å². The zero-order valence-electron chi connectivity index (χ0n) is 27.7. The average Bonchev–Trinajstić information content (AvgIpc) is 3.01. The van der Waals surface area contributed by atoms with Crippen LogP contribution in [0.3, 0.4) is 0 Å². The molecule has 1 atom stereocenters. The van der Waals surface area contributed by atoms with Gasteiger partial charge in [0.05, 0.1) is 12.8 Å². The van der Waals surface area contributed by atoms with Gasteiger partial charge in [0.25, 0.3) is 10.0 Å². The van der Waals surface area contributed by atoms with Crippen molar-refractivity contribution in [1.29, 1.82) is 0 Å². The van der Waals surface area contributed by atoms with Gasteiger partial charge in [0.2, 0.25) is 0 Å². The highest BCUT2D eigenvalue weighted by atomic mass is 32.2. The van der Waals surface area contributed by atoms with E-state index in [1.54, 1.807) is 7.11 Å². The summed E-state index contributed by atoms with van der Waals surface area (Å²) < 4.78 is 33.1. The molecular weight excluding hydrogens is 568 g/mol. The summed E-state index contributed by atoms with van der Waals surface area (Å²) in [5.74, 6) is 0.998. The van der Waals surface area contributed by atoms with Crippen LogP contribution in [0.15, 0.2) is 83.0 Å². The third kappa shape index (κ3) is 7.82. The summed E-state index contributed by atoms with van der Waals surface area (Å²) in [5, 5.41) is 4.68. The molecule has 1 fully saturated rings. The van der Waals surface area contributed by atoms with Crippen LogP contribution in [0.25, 0.3) is 0 Å². The molecule has 0 spiro atoms. The number of methoxy groups -OCH3 is 1. The van der Waals surface area contributed by atoms with Crippen LogP contribution in [0.1, 0.15) is 65.5 Å². The molecular formula is C36H52N4O3S. The minimum Gasteiger partial charge on any atom is -0.497 e. The Kier molecular flexibility index (Phi) is 11.5. The Morgan fingerprint density at radius 2 is 1.61 bits per heavy atom. The quantitative estimate of drug-likeness (QED) is 0.205. The summed E-state index contributed by atoms with van der Waals surface area (Å²) in [6.07, 6.45) is 5.30. The standard InChI is InChI=1S/C36H52N4O3S/c1-27(2)31-16-18-36(29(5)6,34(25-31)28(3)4)44(41,42)38-37-35(32-14-11-15-33(24-32)43-7)17-19-39-20-22-40(23-21-39)26-30-12-9-8-10-13-30/h8-16,24-25,27-29,38H,17-23,26H2,1-7H3. The van der Waals surface area contributed by atoms with Gasteiger partial charge in [-0.2, -0.15) is 5.10 Å². The number of benzene rings is 2. The van der Waals surface area contributed by atoms with Crippen molar-refractivity contribution in [3.05, 3.63) is 89.0 Å². The number of hydrazone groups is 1. The van der Waals surface area contributed by atoms with Gasteiger partial charge in [-0.3, -0.25) is 4.90 Å². The summed E-state index contributed by atoms with van der Waals surface area (Å²) in [5.41, 5.74) is 5.06. The van der Waals surface area contributed by atoms with Crippen molar-refractivity contribution in [1.82, 2.24) is 14.6 Å². The second-order valence-corrected chi connectivity index (χ2v) is 15.0. The third-order valence-electron chi connectivity index (χ3n) is 9.24. The number of rotatable bonds is 13. The molecule has 2 aromatic carbocycles. The lowest BCUT2D eigenvalue weighted by molar-refractivity contribution is 0.129. The van der Waals surface area contributed by atoms with Crippen molar-refractivity contribution in [2.75, 3.05) is 39.8 Å². The lowest BCUT2D eigenvalue weighted by Crippen LogP contribution is -2.52. The second kappa shape index (κ2) is 14.9. The van der Waals surface area contributed by atoms with Gasteiger partial charge in [-0.15, -0.1) is 0 Å². The van der Waals surface area contributed by atoms with E-state index in [1.165, 1.54) is 11.1 Å². The van der Waals surface area contributed by atoms with E-state index in [0.717, 1.165) is 56.2 Å². The number of nitrogens with one attached hydrogen (secondary N) is 1. The third-order valence-corrected chi connectivity index (χ3v) is 11.4. The normalized spacial score (nSPS) is 20.6. The van der Waals surface area contributed by atoms with E-state index in [-0.39, 0.29) is 11.8 Å². The monoisotopic (exact) mass is 620 g/mol. The summed E-state index contributed by atoms with van der Waals surface area (Å²) in [6.45, 7) is 18.2. The molecule has 1 saturated heterocycles. The minimum atomic E-state index is -3.89. The van der Waals surface area contributed by atoms with E-state index in [9.17, 15) is 8.42 Å². The number of piperazine rings is 1. The molecule has 44 heavy (non-hydrogen) atoms. The predicted molar refractivity (Wildman–Crippen MR) is 182 cm³/mol. The minimum absolute atomic E-state index is 0.0822. The zero-order chi connectivity index (χ0) is 31.9. The van der Waals surface area contributed by atoms with E-state index in [1.807, 2.05) is 38.1 Å². The maximum Gasteiger partial charge on any atom is 0.257 e. The van der Waals surface area contributed by atoms with Crippen molar-refractivity contribution in [3.63, 3.8) is 0 Å². The molecule has 1 N–H and O–H groups in total. The van der Waals surface area contributed by atoms with Gasteiger partial charge >= 0.3 is 0 Å². The average molecular weight is 621 g/mol. The number of nitrogens with zero attached hydrogens (tertiary/aromatic N) is 3. The Morgan fingerprint density at radius 1 is 0.932 bits per heavy atom. The largest absolute Gasteiger partial charge is 0.497 e. The smallest absolute Gasteiger partial charge is 0.257 e. The Hall–Kier alpha value is -2.94. The van der Waals surface area contributed by atoms with Gasteiger partial charge in [0.15, 0.2) is 0 Å². The number of sulfonamides is 1. The SMILES string of the molecule is COc1cccc(C(CCN2CCN(Cc3ccccc3)CC2)=NNS(=O)(=O)C2(C(C)C)CC=C(C(C)C)C=C2C(C)C)c1. The summed E-state index contributed by atoms with van der Waals surface area (Å²) >= 11 is 0. The molecule has 2 aliphatic rings. The molecule has 0 radical (unpaired) electrons. The van der Waals surface area contributed by atoms with Crippen molar-refractivity contribution in [3.8, 4) is 5.75 Å². The van der Waals surface area contributed by atoms with Crippen LogP contribution >= 0.6 is 0 Å². The van der Waals surface area contributed by atoms with Crippen LogP contribution in [-0.2, 0) is 16.6 Å². The second-order valence-electron chi connectivity index (χ2n) is 13.1. The molecule has 7 nitrogen and oxygen atoms in total. The van der Waals surface area contributed by atoms with E-state index < -0.39 is 14.8 Å². The Labute approximate surface area is 266 Å². The van der Waals surface area contributed by atoms with Gasteiger partial charge in [-0.05, 0) is 53.0 Å². The van der Waals surface area contributed by atoms with E-state index in [2.05, 4.69) is 89.9 Å². The van der Waals surface area contributed by atoms with Crippen LogP contribution in [-0.4, -0.2) is 68.5 Å². The maximum absolute atomic E-state index is 14.4. The molecule has 1 aliphatic heterocycles. The van der Waals surface area contributed by atoms with Crippen LogP contribution in [0.4, 0.5) is 0 Å². The first kappa shape index (κ1) is 33.9. The highest BCUT2D eigenvalue weighted by Gasteiger charge is 2.51. The first-order chi connectivity index (χ1) is 21.0. The first-order valence-corrected chi connectivity index (χ1v) is 17.6. The fraction of sp³-hybridized carbons (Fsp3) is 0.528. The summed E-state index contributed by atoms with van der Waals surface area (Å²) in [6, 6.07) is 18.3. The molecule has 0 aromatic heterocycles. The van der Waals surface area contributed by atoms with E-state index in [0.29, 0.717) is 24.5 Å². The Balaban J connectivity index is 1.55. The molecule has 8 heteroatoms. The molecule has 0 bridgehead atoms. The fourth-order valence-corrected chi connectivity index (χ4v) is 8.41. The number of allylic oxidation sites excluding steroid dienone is 3. The predicted octanol–water partition coefficient (Wildman–Crippen LogP) is 6.49. The van der Waals surface area contributed by atoms with Crippen LogP contribution in [0.2, 0.25) is 0 Å². The summed E-state index contributed by atoms with van der Waals surface area (Å²) in [7, 11) is -2.25. The lowest BCUT2D eigenvalue weighted by Gasteiger charge is -2.42. The Morgan fingerprint density at radius 3 is 2.23 bits per heavy atom. The van der Waals surface area contributed by atoms with Crippen molar-refractivity contribution in [2.24, 2.45) is 22.9 Å². The topological polar surface area (TPSA) is 74.2 Å². The Bertz CT molecular complexity index is 1440.